The summed E-state index contributed by atoms with van der Waals surface area (Å²) in [6.07, 6.45) is 1.36. The predicted molar refractivity (Wildman–Crippen MR) is 133 cm³/mol. The number of hydrogen-bond donors (Lipinski definition) is 3. The van der Waals surface area contributed by atoms with Crippen molar-refractivity contribution >= 4 is 23.9 Å². The van der Waals surface area contributed by atoms with Crippen LogP contribution in [0, 0.1) is 0 Å². The first-order chi connectivity index (χ1) is 17.1. The molecule has 3 aromatic carbocycles. The van der Waals surface area contributed by atoms with E-state index in [0.29, 0.717) is 16.5 Å². The van der Waals surface area contributed by atoms with Gasteiger partial charge in [-0.05, 0) is 60.3 Å². The zero-order valence-electron chi connectivity index (χ0n) is 19.1. The Balaban J connectivity index is 1.49. The molecule has 0 bridgehead atoms. The fourth-order valence-electron chi connectivity index (χ4n) is 3.30. The number of nitrogens with one attached hydrogen (secondary N) is 2. The van der Waals surface area contributed by atoms with E-state index < -0.39 is 0 Å². The first-order valence-electron chi connectivity index (χ1n) is 10.6. The highest BCUT2D eigenvalue weighted by atomic mass is 32.2. The van der Waals surface area contributed by atoms with Gasteiger partial charge < -0.3 is 14.6 Å². The Kier molecular flexibility index (Phi) is 7.63. The highest BCUT2D eigenvalue weighted by Crippen LogP contribution is 2.28. The van der Waals surface area contributed by atoms with Crippen LogP contribution in [0.5, 0.6) is 17.2 Å². The van der Waals surface area contributed by atoms with Crippen LogP contribution in [0.1, 0.15) is 5.56 Å². The van der Waals surface area contributed by atoms with Crippen LogP contribution >= 0.6 is 11.8 Å². The summed E-state index contributed by atoms with van der Waals surface area (Å²) in [6.45, 7) is 0. The number of carbonyl (C=O) groups excluding carboxylic acids is 1. The van der Waals surface area contributed by atoms with Gasteiger partial charge >= 0.3 is 5.16 Å². The molecule has 0 spiro atoms. The fraction of sp³-hybridized carbons (Fsp3) is 0.120. The highest BCUT2D eigenvalue weighted by molar-refractivity contribution is 7.99. The smallest absolute Gasteiger partial charge is 0.342 e. The van der Waals surface area contributed by atoms with E-state index >= 15 is 0 Å². The van der Waals surface area contributed by atoms with Gasteiger partial charge in [0, 0.05) is 5.56 Å². The first-order valence-corrected chi connectivity index (χ1v) is 11.6. The van der Waals surface area contributed by atoms with Gasteiger partial charge in [-0.2, -0.15) is 9.67 Å². The second kappa shape index (κ2) is 11.2. The summed E-state index contributed by atoms with van der Waals surface area (Å²) in [6, 6.07) is 22.4. The molecule has 4 rings (SSSR count). The number of H-pyrrole nitrogens is 1. The molecule has 3 N–H and O–H groups in total. The van der Waals surface area contributed by atoms with E-state index in [4.69, 9.17) is 9.47 Å². The lowest BCUT2D eigenvalue weighted by Crippen LogP contribution is -2.34. The monoisotopic (exact) mass is 490 g/mol. The van der Waals surface area contributed by atoms with Crippen LogP contribution in [0.25, 0.3) is 17.1 Å². The summed E-state index contributed by atoms with van der Waals surface area (Å²) in [4.78, 5) is 12.4. The third-order valence-corrected chi connectivity index (χ3v) is 5.96. The molecule has 0 atom stereocenters. The number of rotatable bonds is 9. The zero-order chi connectivity index (χ0) is 24.6. The number of thioether (sulfide) groups is 1. The molecule has 1 aromatic heterocycles. The average molecular weight is 491 g/mol. The van der Waals surface area contributed by atoms with Crippen molar-refractivity contribution in [3.8, 4) is 34.3 Å². The van der Waals surface area contributed by atoms with Crippen LogP contribution in [-0.2, 0) is 4.79 Å². The summed E-state index contributed by atoms with van der Waals surface area (Å²) in [5.74, 6) is 1.58. The number of carbonyl (C=O) groups is 1. The van der Waals surface area contributed by atoms with Crippen molar-refractivity contribution < 1.29 is 23.9 Å². The van der Waals surface area contributed by atoms with E-state index in [1.165, 1.54) is 25.1 Å². The number of hydrazone groups is 1. The predicted octanol–water partition coefficient (Wildman–Crippen LogP) is 3.32. The lowest BCUT2D eigenvalue weighted by molar-refractivity contribution is -0.625. The maximum absolute atomic E-state index is 12.4. The van der Waals surface area contributed by atoms with Crippen molar-refractivity contribution in [2.24, 2.45) is 5.10 Å². The van der Waals surface area contributed by atoms with E-state index in [1.807, 2.05) is 59.2 Å². The van der Waals surface area contributed by atoms with E-state index in [0.717, 1.165) is 22.8 Å². The fourth-order valence-corrected chi connectivity index (χ4v) is 4.06. The summed E-state index contributed by atoms with van der Waals surface area (Å²) in [7, 11) is 3.09. The van der Waals surface area contributed by atoms with Gasteiger partial charge in [0.1, 0.15) is 11.4 Å². The maximum atomic E-state index is 12.4. The molecule has 0 aliphatic heterocycles. The molecule has 10 heteroatoms. The van der Waals surface area contributed by atoms with Crippen LogP contribution in [0.15, 0.2) is 83.1 Å². The van der Waals surface area contributed by atoms with Crippen molar-refractivity contribution in [2.45, 2.75) is 5.16 Å². The number of phenols is 1. The molecule has 1 amide bonds. The summed E-state index contributed by atoms with van der Waals surface area (Å²) in [5, 5.41) is 22.2. The van der Waals surface area contributed by atoms with Gasteiger partial charge in [-0.1, -0.05) is 24.3 Å². The molecular formula is C25H24N5O4S+. The van der Waals surface area contributed by atoms with Gasteiger partial charge in [0.2, 0.25) is 0 Å². The number of aromatic amines is 1. The summed E-state index contributed by atoms with van der Waals surface area (Å²) < 4.78 is 12.3. The number of amides is 1. The number of aromatic nitrogens is 3. The minimum atomic E-state index is -0.317. The van der Waals surface area contributed by atoms with Gasteiger partial charge in [0.05, 0.1) is 36.8 Å². The lowest BCUT2D eigenvalue weighted by Gasteiger charge is -2.05. The van der Waals surface area contributed by atoms with Crippen molar-refractivity contribution in [3.05, 3.63) is 78.4 Å². The SMILES string of the molecule is COc1ccc(-c2[nH]nc(SCC(=O)N/N=C\c3cccc(OC)c3O)[n+]2-c2ccccc2)cc1. The molecule has 4 aromatic rings. The number of benzene rings is 3. The van der Waals surface area contributed by atoms with Gasteiger partial charge in [-0.25, -0.2) is 5.43 Å². The summed E-state index contributed by atoms with van der Waals surface area (Å²) >= 11 is 1.27. The Morgan fingerprint density at radius 3 is 2.57 bits per heavy atom. The normalized spacial score (nSPS) is 10.9. The molecule has 0 radical (unpaired) electrons. The summed E-state index contributed by atoms with van der Waals surface area (Å²) in [5.41, 5.74) is 4.72. The minimum absolute atomic E-state index is 0.0474. The molecule has 178 valence electrons. The van der Waals surface area contributed by atoms with Crippen LogP contribution in [0.2, 0.25) is 0 Å². The number of nitrogens with zero attached hydrogens (tertiary/aromatic N) is 3. The lowest BCUT2D eigenvalue weighted by atomic mass is 10.2. The number of aromatic hydroxyl groups is 1. The van der Waals surface area contributed by atoms with E-state index in [-0.39, 0.29) is 17.4 Å². The second-order valence-corrected chi connectivity index (χ2v) is 8.18. The van der Waals surface area contributed by atoms with Crippen LogP contribution in [0.4, 0.5) is 0 Å². The average Bonchev–Trinajstić information content (AvgIpc) is 3.33. The van der Waals surface area contributed by atoms with Crippen molar-refractivity contribution in [2.75, 3.05) is 20.0 Å². The standard InChI is InChI=1S/C25H23N5O4S/c1-33-20-13-11-17(12-14-20)24-28-29-25(30(24)19-8-4-3-5-9-19)35-16-22(31)27-26-15-18-7-6-10-21(34-2)23(18)32/h3-15H,16H2,1-2H3,(H2,26,27,31,32)/p+1. The third-order valence-electron chi connectivity index (χ3n) is 5.03. The number of methoxy groups -OCH3 is 2. The molecule has 0 aliphatic rings. The quantitative estimate of drug-likeness (QED) is 0.144. The number of hydrogen-bond acceptors (Lipinski definition) is 7. The van der Waals surface area contributed by atoms with Gasteiger partial charge in [-0.3, -0.25) is 4.79 Å². The van der Waals surface area contributed by atoms with Crippen LogP contribution in [-0.4, -0.2) is 47.4 Å². The van der Waals surface area contributed by atoms with Gasteiger partial charge in [0.15, 0.2) is 11.5 Å². The highest BCUT2D eigenvalue weighted by Gasteiger charge is 2.24. The van der Waals surface area contributed by atoms with Crippen molar-refractivity contribution in [1.29, 1.82) is 0 Å². The topological polar surface area (TPSA) is 113 Å². The Morgan fingerprint density at radius 2 is 1.86 bits per heavy atom. The zero-order valence-corrected chi connectivity index (χ0v) is 20.0. The number of ether oxygens (including phenoxy) is 2. The van der Waals surface area contributed by atoms with Gasteiger partial charge in [0.25, 0.3) is 11.7 Å². The third kappa shape index (κ3) is 5.61. The van der Waals surface area contributed by atoms with Crippen LogP contribution in [0.3, 0.4) is 0 Å². The van der Waals surface area contributed by atoms with Crippen molar-refractivity contribution in [1.82, 2.24) is 15.6 Å². The molecule has 9 nitrogen and oxygen atoms in total. The first kappa shape index (κ1) is 23.8. The molecule has 35 heavy (non-hydrogen) atoms. The number of phenolic OH excluding ortho intramolecular Hbond substituents is 1. The largest absolute Gasteiger partial charge is 0.504 e. The Morgan fingerprint density at radius 1 is 1.09 bits per heavy atom. The van der Waals surface area contributed by atoms with Crippen molar-refractivity contribution in [3.63, 3.8) is 0 Å². The Bertz CT molecular complexity index is 1320. The van der Waals surface area contributed by atoms with E-state index in [1.54, 1.807) is 25.3 Å². The molecule has 0 fully saturated rings. The van der Waals surface area contributed by atoms with E-state index in [9.17, 15) is 9.90 Å². The molecular weight excluding hydrogens is 466 g/mol. The molecule has 0 saturated carbocycles. The molecule has 0 aliphatic carbocycles. The Labute approximate surface area is 206 Å². The molecule has 1 heterocycles. The van der Waals surface area contributed by atoms with E-state index in [2.05, 4.69) is 20.7 Å². The minimum Gasteiger partial charge on any atom is -0.504 e. The Hall–Kier alpha value is -4.31. The molecule has 0 unspecified atom stereocenters. The van der Waals surface area contributed by atoms with Crippen LogP contribution < -0.4 is 19.5 Å². The molecule has 0 saturated heterocycles. The second-order valence-electron chi connectivity index (χ2n) is 7.23. The van der Waals surface area contributed by atoms with Gasteiger partial charge in [-0.15, -0.1) is 5.10 Å². The maximum Gasteiger partial charge on any atom is 0.342 e. The number of para-hydroxylation sites is 2.